The van der Waals surface area contributed by atoms with Crippen LogP contribution in [-0.4, -0.2) is 46.8 Å². The molecule has 2 aromatic heterocycles. The van der Waals surface area contributed by atoms with Gasteiger partial charge in [-0.2, -0.15) is 5.10 Å². The van der Waals surface area contributed by atoms with Crippen LogP contribution in [0.2, 0.25) is 0 Å². The maximum absolute atomic E-state index is 12.6. The van der Waals surface area contributed by atoms with Crippen LogP contribution in [0.3, 0.4) is 0 Å². The average molecular weight is 468 g/mol. The fourth-order valence-corrected chi connectivity index (χ4v) is 4.59. The van der Waals surface area contributed by atoms with E-state index in [4.69, 9.17) is 5.73 Å². The molecule has 1 aliphatic rings. The summed E-state index contributed by atoms with van der Waals surface area (Å²) < 4.78 is 1.82. The second kappa shape index (κ2) is 11.5. The van der Waals surface area contributed by atoms with Crippen LogP contribution in [0.5, 0.6) is 0 Å². The third-order valence-corrected chi connectivity index (χ3v) is 6.15. The number of likely N-dealkylation sites (tertiary alicyclic amines) is 1. The quantitative estimate of drug-likeness (QED) is 0.557. The summed E-state index contributed by atoms with van der Waals surface area (Å²) in [7, 11) is 0. The monoisotopic (exact) mass is 467 g/mol. The molecule has 0 saturated carbocycles. The molecule has 3 heterocycles. The highest BCUT2D eigenvalue weighted by molar-refractivity contribution is 7.09. The fraction of sp³-hybridized carbons (Fsp3) is 0.333. The van der Waals surface area contributed by atoms with Gasteiger partial charge in [-0.25, -0.2) is 4.68 Å². The number of benzene rings is 1. The molecule has 162 valence electrons. The Bertz CT molecular complexity index is 903. The summed E-state index contributed by atoms with van der Waals surface area (Å²) in [6.07, 6.45) is 1.72. The molecule has 0 spiro atoms. The number of nitrogens with two attached hydrogens (primary N) is 1. The molecule has 0 bridgehead atoms. The van der Waals surface area contributed by atoms with Gasteiger partial charge in [0.25, 0.3) is 0 Å². The van der Waals surface area contributed by atoms with Crippen molar-refractivity contribution in [3.8, 4) is 0 Å². The number of hydrogen-bond donors (Lipinski definition) is 2. The zero-order valence-electron chi connectivity index (χ0n) is 16.5. The minimum absolute atomic E-state index is 0. The van der Waals surface area contributed by atoms with Gasteiger partial charge < -0.3 is 11.1 Å². The largest absolute Gasteiger partial charge is 0.330 e. The molecule has 0 unspecified atom stereocenters. The molecule has 0 radical (unpaired) electrons. The Morgan fingerprint density at radius 3 is 2.63 bits per heavy atom. The average Bonchev–Trinajstić information content (AvgIpc) is 3.45. The van der Waals surface area contributed by atoms with E-state index in [9.17, 15) is 4.79 Å². The maximum Gasteiger partial charge on any atom is 0.239 e. The van der Waals surface area contributed by atoms with Gasteiger partial charge in [-0.3, -0.25) is 9.69 Å². The Morgan fingerprint density at radius 1 is 1.13 bits per heavy atom. The molecule has 1 aromatic carbocycles. The number of rotatable bonds is 7. The first kappa shape index (κ1) is 24.4. The van der Waals surface area contributed by atoms with Crippen molar-refractivity contribution >= 4 is 47.9 Å². The number of nitrogens with zero attached hydrogens (tertiary/aromatic N) is 3. The fourth-order valence-electron chi connectivity index (χ4n) is 3.91. The number of hydrogen-bond acceptors (Lipinski definition) is 5. The topological polar surface area (TPSA) is 76.2 Å². The minimum atomic E-state index is -0.0163. The third kappa shape index (κ3) is 5.83. The van der Waals surface area contributed by atoms with Crippen molar-refractivity contribution in [3.05, 3.63) is 70.5 Å². The van der Waals surface area contributed by atoms with Gasteiger partial charge in [0, 0.05) is 30.0 Å². The highest BCUT2D eigenvalue weighted by atomic mass is 35.5. The summed E-state index contributed by atoms with van der Waals surface area (Å²) in [5.74, 6) is 1.47. The van der Waals surface area contributed by atoms with E-state index in [1.54, 1.807) is 17.5 Å². The Morgan fingerprint density at radius 2 is 1.93 bits per heavy atom. The van der Waals surface area contributed by atoms with E-state index in [1.165, 1.54) is 10.4 Å². The van der Waals surface area contributed by atoms with Crippen molar-refractivity contribution in [1.29, 1.82) is 0 Å². The second-order valence-electron chi connectivity index (χ2n) is 7.21. The van der Waals surface area contributed by atoms with Gasteiger partial charge in [0.15, 0.2) is 0 Å². The number of halogens is 2. The zero-order valence-corrected chi connectivity index (χ0v) is 19.0. The van der Waals surface area contributed by atoms with E-state index in [1.807, 2.05) is 28.3 Å². The van der Waals surface area contributed by atoms with Crippen molar-refractivity contribution in [2.45, 2.75) is 12.5 Å². The standard InChI is InChI=1S/C21H25N5OS.2ClH/c22-11-17-12-25(14-19(17)16-5-2-1-3-6-16)15-21(27)24-20-8-9-23-26(20)13-18-7-4-10-28-18;;/h1-10,17,19H,11-15,22H2,(H,24,27);2*1H/t17-,19+;;/m1../s1. The van der Waals surface area contributed by atoms with E-state index < -0.39 is 0 Å². The molecule has 1 saturated heterocycles. The summed E-state index contributed by atoms with van der Waals surface area (Å²) in [5.41, 5.74) is 7.31. The zero-order chi connectivity index (χ0) is 19.3. The van der Waals surface area contributed by atoms with E-state index in [-0.39, 0.29) is 30.7 Å². The van der Waals surface area contributed by atoms with E-state index >= 15 is 0 Å². The highest BCUT2D eigenvalue weighted by Gasteiger charge is 2.33. The van der Waals surface area contributed by atoms with Gasteiger partial charge in [0.1, 0.15) is 5.82 Å². The Balaban J connectivity index is 0.00000160. The predicted molar refractivity (Wildman–Crippen MR) is 127 cm³/mol. The van der Waals surface area contributed by atoms with Gasteiger partial charge in [0.05, 0.1) is 19.3 Å². The first-order chi connectivity index (χ1) is 13.7. The normalized spacial score (nSPS) is 18.4. The van der Waals surface area contributed by atoms with E-state index in [2.05, 4.69) is 45.6 Å². The maximum atomic E-state index is 12.6. The molecule has 30 heavy (non-hydrogen) atoms. The minimum Gasteiger partial charge on any atom is -0.330 e. The number of aromatic nitrogens is 2. The molecule has 3 N–H and O–H groups in total. The lowest BCUT2D eigenvalue weighted by molar-refractivity contribution is -0.117. The van der Waals surface area contributed by atoms with Crippen molar-refractivity contribution in [3.63, 3.8) is 0 Å². The van der Waals surface area contributed by atoms with Crippen molar-refractivity contribution in [2.75, 3.05) is 31.5 Å². The number of carbonyl (C=O) groups excluding carboxylic acids is 1. The lowest BCUT2D eigenvalue weighted by atomic mass is 9.89. The van der Waals surface area contributed by atoms with Crippen LogP contribution in [-0.2, 0) is 11.3 Å². The van der Waals surface area contributed by atoms with Gasteiger partial charge in [-0.1, -0.05) is 36.4 Å². The summed E-state index contributed by atoms with van der Waals surface area (Å²) >= 11 is 1.68. The van der Waals surface area contributed by atoms with Crippen LogP contribution in [0.25, 0.3) is 0 Å². The Kier molecular flexibility index (Phi) is 9.33. The van der Waals surface area contributed by atoms with Gasteiger partial charge in [-0.15, -0.1) is 36.2 Å². The first-order valence-electron chi connectivity index (χ1n) is 9.54. The third-order valence-electron chi connectivity index (χ3n) is 5.28. The smallest absolute Gasteiger partial charge is 0.239 e. The lowest BCUT2D eigenvalue weighted by Crippen LogP contribution is -2.32. The van der Waals surface area contributed by atoms with Crippen LogP contribution < -0.4 is 11.1 Å². The number of anilines is 1. The first-order valence-corrected chi connectivity index (χ1v) is 10.4. The summed E-state index contributed by atoms with van der Waals surface area (Å²) in [4.78, 5) is 16.0. The van der Waals surface area contributed by atoms with E-state index in [0.29, 0.717) is 31.5 Å². The SMILES string of the molecule is Cl.Cl.NC[C@@H]1CN(CC(=O)Nc2ccnn2Cc2cccs2)C[C@H]1c1ccccc1. The van der Waals surface area contributed by atoms with Gasteiger partial charge in [-0.05, 0) is 29.5 Å². The number of amides is 1. The molecule has 6 nitrogen and oxygen atoms in total. The van der Waals surface area contributed by atoms with Crippen LogP contribution in [0.4, 0.5) is 5.82 Å². The number of thiophene rings is 1. The van der Waals surface area contributed by atoms with Crippen LogP contribution in [0, 0.1) is 5.92 Å². The molecular weight excluding hydrogens is 441 g/mol. The van der Waals surface area contributed by atoms with Crippen molar-refractivity contribution < 1.29 is 4.79 Å². The van der Waals surface area contributed by atoms with Crippen molar-refractivity contribution in [1.82, 2.24) is 14.7 Å². The molecule has 4 rings (SSSR count). The van der Waals surface area contributed by atoms with Gasteiger partial charge >= 0.3 is 0 Å². The highest BCUT2D eigenvalue weighted by Crippen LogP contribution is 2.31. The van der Waals surface area contributed by atoms with Crippen molar-refractivity contribution in [2.24, 2.45) is 11.7 Å². The molecular formula is C21H27Cl2N5OS. The van der Waals surface area contributed by atoms with E-state index in [0.717, 1.165) is 18.9 Å². The Labute approximate surface area is 193 Å². The predicted octanol–water partition coefficient (Wildman–Crippen LogP) is 3.45. The molecule has 3 aromatic rings. The summed E-state index contributed by atoms with van der Waals surface area (Å²) in [5, 5.41) is 9.39. The molecule has 1 fully saturated rings. The number of nitrogens with one attached hydrogen (secondary N) is 1. The van der Waals surface area contributed by atoms with Gasteiger partial charge in [0.2, 0.25) is 5.91 Å². The Hall–Kier alpha value is -1.90. The van der Waals surface area contributed by atoms with Crippen LogP contribution in [0.1, 0.15) is 16.4 Å². The van der Waals surface area contributed by atoms with Crippen LogP contribution in [0.15, 0.2) is 60.1 Å². The lowest BCUT2D eigenvalue weighted by Gasteiger charge is -2.17. The molecule has 1 aliphatic heterocycles. The number of carbonyl (C=O) groups is 1. The van der Waals surface area contributed by atoms with Crippen LogP contribution >= 0.6 is 36.2 Å². The molecule has 1 amide bonds. The molecule has 0 aliphatic carbocycles. The second-order valence-corrected chi connectivity index (χ2v) is 8.24. The molecule has 9 heteroatoms. The summed E-state index contributed by atoms with van der Waals surface area (Å²) in [6, 6.07) is 16.4. The molecule has 2 atom stereocenters. The summed E-state index contributed by atoms with van der Waals surface area (Å²) in [6.45, 7) is 3.36.